The first-order chi connectivity index (χ1) is 26.3. The molecule has 8 N–H and O–H groups in total. The van der Waals surface area contributed by atoms with E-state index in [4.69, 9.17) is 33.1 Å². The van der Waals surface area contributed by atoms with E-state index in [1.54, 1.807) is 0 Å². The van der Waals surface area contributed by atoms with Crippen LogP contribution in [-0.4, -0.2) is 209 Å². The maximum absolute atomic E-state index is 13.7. The molecule has 0 bridgehead atoms. The van der Waals surface area contributed by atoms with Crippen LogP contribution in [0.5, 0.6) is 0 Å². The summed E-state index contributed by atoms with van der Waals surface area (Å²) in [4.78, 5) is 58.7. The molecule has 26 nitrogen and oxygen atoms in total. The molecule has 0 saturated carbocycles. The van der Waals surface area contributed by atoms with Gasteiger partial charge in [0.25, 0.3) is 25.8 Å². The lowest BCUT2D eigenvalue weighted by Crippen LogP contribution is -2.49. The first kappa shape index (κ1) is 45.0. The molecule has 5 rings (SSSR count). The minimum Gasteiger partial charge on any atom is -0.395 e. The van der Waals surface area contributed by atoms with Gasteiger partial charge in [0.2, 0.25) is 5.95 Å². The van der Waals surface area contributed by atoms with Gasteiger partial charge in [-0.3, -0.25) is 46.8 Å². The lowest BCUT2D eigenvalue weighted by Gasteiger charge is -2.34. The second kappa shape index (κ2) is 18.9. The van der Waals surface area contributed by atoms with Crippen molar-refractivity contribution in [2.24, 2.45) is 0 Å². The van der Waals surface area contributed by atoms with Crippen LogP contribution < -0.4 is 11.3 Å². The number of fused-ring (bicyclic) bond motifs is 1. The van der Waals surface area contributed by atoms with E-state index in [-0.39, 0.29) is 43.4 Å². The number of anilines is 1. The van der Waals surface area contributed by atoms with Gasteiger partial charge >= 0.3 is 15.6 Å². The maximum Gasteiger partial charge on any atom is 0.481 e. The number of nitrogens with zero attached hydrogens (tertiary/aromatic N) is 7. The maximum atomic E-state index is 13.7. The number of rotatable bonds is 20. The molecule has 3 fully saturated rings. The zero-order valence-electron chi connectivity index (χ0n) is 30.0. The number of imidazole rings is 1. The topological polar surface area (TPSA) is 352 Å². The Morgan fingerprint density at radius 3 is 1.79 bits per heavy atom. The van der Waals surface area contributed by atoms with Crippen molar-refractivity contribution in [3.05, 3.63) is 16.7 Å². The van der Waals surface area contributed by atoms with Gasteiger partial charge < -0.3 is 35.4 Å². The molecule has 3 aliphatic heterocycles. The van der Waals surface area contributed by atoms with Crippen molar-refractivity contribution in [2.75, 3.05) is 116 Å². The number of piperazine rings is 2. The molecule has 320 valence electrons. The number of hydrogen-bond donors (Lipinski definition) is 7. The fourth-order valence-electron chi connectivity index (χ4n) is 6.41. The zero-order valence-corrected chi connectivity index (χ0v) is 33.4. The quantitative estimate of drug-likeness (QED) is 0.0486. The van der Waals surface area contributed by atoms with E-state index in [1.165, 1.54) is 0 Å². The number of nitrogen functional groups attached to an aromatic ring is 1. The lowest BCUT2D eigenvalue weighted by atomic mass is 10.1. The molecule has 2 aromatic heterocycles. The van der Waals surface area contributed by atoms with Crippen LogP contribution in [0, 0.1) is 0 Å². The molecule has 0 aliphatic carbocycles. The van der Waals surface area contributed by atoms with Gasteiger partial charge in [0.05, 0.1) is 37.7 Å². The number of aliphatic hydroxyl groups excluding tert-OH is 2. The predicted molar refractivity (Wildman–Crippen MR) is 193 cm³/mol. The van der Waals surface area contributed by atoms with Crippen molar-refractivity contribution >= 4 is 53.0 Å². The molecule has 30 heteroatoms. The van der Waals surface area contributed by atoms with Gasteiger partial charge in [-0.25, -0.2) is 14.1 Å². The summed E-state index contributed by atoms with van der Waals surface area (Å²) in [5.74, 6) is -1.60. The number of phosphoric acid groups is 2. The van der Waals surface area contributed by atoms with E-state index in [9.17, 15) is 45.9 Å². The molecule has 0 aromatic carbocycles. The van der Waals surface area contributed by atoms with Gasteiger partial charge in [0, 0.05) is 78.5 Å². The number of nitrogens with one attached hydrogen (secondary N) is 1. The Morgan fingerprint density at radius 2 is 1.30 bits per heavy atom. The van der Waals surface area contributed by atoms with Crippen LogP contribution in [0.1, 0.15) is 6.23 Å². The zero-order chi connectivity index (χ0) is 40.9. The van der Waals surface area contributed by atoms with Crippen molar-refractivity contribution in [1.82, 2.24) is 39.1 Å². The summed E-state index contributed by atoms with van der Waals surface area (Å²) in [7, 11) is -20.4. The highest BCUT2D eigenvalue weighted by atomic mass is 32.2. The standard InChI is InChI=1S/C26H47N9O17P2S2/c27-26-29-23-20(24(38)30-26)28-18-35(23)25-22(51-56(46,47)16-12-34-7-3-32(4-8-34)10-14-37)21(19(49-25)17-48-54(42,43)52-53(39,40)41)50-55(44,45)15-11-33-5-1-31(2-6-33)9-13-36/h18-19,21-22,25,36-37H,1-17H2,(H,42,43)(H2,39,40,41)(H3,27,29,30,38)/t19-,21-,22-,25-/m1/s1. The highest BCUT2D eigenvalue weighted by Gasteiger charge is 2.53. The van der Waals surface area contributed by atoms with Gasteiger partial charge in [0.15, 0.2) is 23.5 Å². The van der Waals surface area contributed by atoms with Crippen molar-refractivity contribution in [3.63, 3.8) is 0 Å². The fraction of sp³-hybridized carbons (Fsp3) is 0.808. The van der Waals surface area contributed by atoms with Crippen molar-refractivity contribution in [3.8, 4) is 0 Å². The molecule has 3 aliphatic rings. The van der Waals surface area contributed by atoms with Crippen LogP contribution in [-0.2, 0) is 51.3 Å². The molecule has 1 unspecified atom stereocenters. The highest BCUT2D eigenvalue weighted by Crippen LogP contribution is 2.58. The molecule has 0 radical (unpaired) electrons. The average molecular weight is 884 g/mol. The first-order valence-corrected chi connectivity index (χ1v) is 23.5. The van der Waals surface area contributed by atoms with Crippen LogP contribution >= 0.6 is 15.6 Å². The summed E-state index contributed by atoms with van der Waals surface area (Å²) in [6, 6.07) is 0. The van der Waals surface area contributed by atoms with E-state index < -0.39 is 84.1 Å². The van der Waals surface area contributed by atoms with Gasteiger partial charge in [-0.1, -0.05) is 0 Å². The molecule has 5 atom stereocenters. The third-order valence-electron chi connectivity index (χ3n) is 9.21. The number of hydrogen-bond acceptors (Lipinski definition) is 21. The molecule has 5 heterocycles. The second-order valence-electron chi connectivity index (χ2n) is 13.1. The van der Waals surface area contributed by atoms with Crippen molar-refractivity contribution in [1.29, 1.82) is 0 Å². The number of aromatic amines is 1. The third kappa shape index (κ3) is 12.7. The highest BCUT2D eigenvalue weighted by molar-refractivity contribution is 7.87. The average Bonchev–Trinajstić information content (AvgIpc) is 3.66. The Balaban J connectivity index is 1.44. The Kier molecular flexibility index (Phi) is 15.2. The molecule has 0 spiro atoms. The summed E-state index contributed by atoms with van der Waals surface area (Å²) >= 11 is 0. The molecule has 0 amide bonds. The van der Waals surface area contributed by atoms with E-state index in [1.807, 2.05) is 19.6 Å². The van der Waals surface area contributed by atoms with Crippen LogP contribution in [0.3, 0.4) is 0 Å². The second-order valence-corrected chi connectivity index (χ2v) is 19.4. The Labute approximate surface area is 321 Å². The smallest absolute Gasteiger partial charge is 0.395 e. The molecular formula is C26H47N9O17P2S2. The van der Waals surface area contributed by atoms with Crippen LogP contribution in [0.25, 0.3) is 11.2 Å². The number of H-pyrrole nitrogens is 1. The fourth-order valence-corrected chi connectivity index (χ4v) is 10.3. The number of nitrogens with two attached hydrogens (primary N) is 1. The van der Waals surface area contributed by atoms with Crippen molar-refractivity contribution in [2.45, 2.75) is 24.5 Å². The molecule has 3 saturated heterocycles. The Bertz CT molecular complexity index is 2000. The van der Waals surface area contributed by atoms with Gasteiger partial charge in [0.1, 0.15) is 12.2 Å². The minimum absolute atomic E-state index is 0.00957. The largest absolute Gasteiger partial charge is 0.481 e. The third-order valence-corrected chi connectivity index (χ3v) is 13.8. The van der Waals surface area contributed by atoms with Crippen LogP contribution in [0.2, 0.25) is 0 Å². The normalized spacial score (nSPS) is 25.2. The molecular weight excluding hydrogens is 836 g/mol. The van der Waals surface area contributed by atoms with E-state index in [0.29, 0.717) is 65.4 Å². The van der Waals surface area contributed by atoms with Crippen LogP contribution in [0.15, 0.2) is 11.1 Å². The summed E-state index contributed by atoms with van der Waals surface area (Å²) in [6.07, 6.45) is -6.51. The Morgan fingerprint density at radius 1 is 0.821 bits per heavy atom. The summed E-state index contributed by atoms with van der Waals surface area (Å²) in [5.41, 5.74) is 4.41. The SMILES string of the molecule is Nc1nc2c(ncn2[C@@H]2O[C@H](COP(=O)(O)OP(=O)(O)O)[C@@H](OS(=O)(=O)CCN3CCN(CCO)CC3)[C@H]2OS(=O)(=O)CCN2CCN(CCO)CC2)c(=O)[nH]1. The number of phosphoric ester groups is 1. The molecule has 56 heavy (non-hydrogen) atoms. The summed E-state index contributed by atoms with van der Waals surface area (Å²) < 4.78 is 105. The van der Waals surface area contributed by atoms with Crippen LogP contribution in [0.4, 0.5) is 5.95 Å². The van der Waals surface area contributed by atoms with Crippen molar-refractivity contribution < 1.29 is 72.8 Å². The Hall–Kier alpha value is -2.05. The van der Waals surface area contributed by atoms with Gasteiger partial charge in [-0.05, 0) is 0 Å². The summed E-state index contributed by atoms with van der Waals surface area (Å²) in [5, 5.41) is 18.4. The van der Waals surface area contributed by atoms with E-state index in [0.717, 1.165) is 10.9 Å². The lowest BCUT2D eigenvalue weighted by molar-refractivity contribution is -0.0458. The minimum atomic E-state index is -5.60. The van der Waals surface area contributed by atoms with E-state index >= 15 is 0 Å². The van der Waals surface area contributed by atoms with E-state index in [2.05, 4.69) is 19.3 Å². The number of β-amino-alcohol motifs (C(OH)–C–C–N with tert-alkyl or cyclic N) is 2. The predicted octanol–water partition coefficient (Wildman–Crippen LogP) is -4.52. The van der Waals surface area contributed by atoms with Gasteiger partial charge in [-0.15, -0.1) is 0 Å². The van der Waals surface area contributed by atoms with Gasteiger partial charge in [-0.2, -0.15) is 26.1 Å². The first-order valence-electron chi connectivity index (χ1n) is 17.3. The number of aromatic nitrogens is 4. The monoisotopic (exact) mass is 883 g/mol. The number of ether oxygens (including phenoxy) is 1. The number of aliphatic hydroxyl groups is 2. The molecule has 2 aromatic rings. The summed E-state index contributed by atoms with van der Waals surface area (Å²) in [6.45, 7) is 3.78.